The molecule has 0 bridgehead atoms. The van der Waals surface area contributed by atoms with Crippen LogP contribution in [0.2, 0.25) is 0 Å². The van der Waals surface area contributed by atoms with Crippen molar-refractivity contribution in [3.63, 3.8) is 0 Å². The fraction of sp³-hybridized carbons (Fsp3) is 0.951. The summed E-state index contributed by atoms with van der Waals surface area (Å²) in [4.78, 5) is 38.2. The number of carbonyl (C=O) groups excluding carboxylic acids is 3. The number of hydrogen-bond donors (Lipinski definition) is 0. The highest BCUT2D eigenvalue weighted by molar-refractivity contribution is 5.71. The molecular weight excluding hydrogens is 829 g/mol. The second-order valence-electron chi connectivity index (χ2n) is 21.7. The van der Waals surface area contributed by atoms with Gasteiger partial charge in [0.1, 0.15) is 13.2 Å². The van der Waals surface area contributed by atoms with E-state index in [1.165, 1.54) is 231 Å². The van der Waals surface area contributed by atoms with Crippen LogP contribution in [0.1, 0.15) is 343 Å². The maximum atomic E-state index is 12.9. The Morgan fingerprint density at radius 3 is 0.851 bits per heavy atom. The van der Waals surface area contributed by atoms with Crippen molar-refractivity contribution in [2.24, 2.45) is 11.8 Å². The maximum Gasteiger partial charge on any atom is 0.306 e. The van der Waals surface area contributed by atoms with Gasteiger partial charge in [0.05, 0.1) is 0 Å². The number of ether oxygens (including phenoxy) is 3. The van der Waals surface area contributed by atoms with Crippen LogP contribution >= 0.6 is 0 Å². The van der Waals surface area contributed by atoms with E-state index in [4.69, 9.17) is 14.2 Å². The smallest absolute Gasteiger partial charge is 0.306 e. The first-order chi connectivity index (χ1) is 32.8. The Morgan fingerprint density at radius 1 is 0.313 bits per heavy atom. The Hall–Kier alpha value is -1.59. The first-order valence-corrected chi connectivity index (χ1v) is 30.3. The van der Waals surface area contributed by atoms with Gasteiger partial charge in [-0.15, -0.1) is 0 Å². The Morgan fingerprint density at radius 2 is 0.567 bits per heavy atom. The third-order valence-corrected chi connectivity index (χ3v) is 14.3. The van der Waals surface area contributed by atoms with Gasteiger partial charge in [-0.3, -0.25) is 14.4 Å². The number of hydrogen-bond acceptors (Lipinski definition) is 6. The molecule has 0 aromatic rings. The van der Waals surface area contributed by atoms with Crippen molar-refractivity contribution < 1.29 is 28.6 Å². The van der Waals surface area contributed by atoms with Gasteiger partial charge in [-0.2, -0.15) is 0 Å². The summed E-state index contributed by atoms with van der Waals surface area (Å²) in [5.41, 5.74) is 0. The lowest BCUT2D eigenvalue weighted by atomic mass is 9.99. The van der Waals surface area contributed by atoms with Gasteiger partial charge in [0.2, 0.25) is 0 Å². The summed E-state index contributed by atoms with van der Waals surface area (Å²) in [7, 11) is 0. The molecule has 2 atom stereocenters. The summed E-state index contributed by atoms with van der Waals surface area (Å²) in [6, 6.07) is 0. The summed E-state index contributed by atoms with van der Waals surface area (Å²) in [5, 5.41) is 0. The Labute approximate surface area is 418 Å². The maximum absolute atomic E-state index is 12.9. The average Bonchev–Trinajstić information content (AvgIpc) is 3.31. The largest absolute Gasteiger partial charge is 0.462 e. The van der Waals surface area contributed by atoms with Crippen molar-refractivity contribution in [1.29, 1.82) is 0 Å². The van der Waals surface area contributed by atoms with E-state index in [1.807, 2.05) is 0 Å². The minimum absolute atomic E-state index is 0.0627. The van der Waals surface area contributed by atoms with E-state index in [-0.39, 0.29) is 31.1 Å². The fourth-order valence-corrected chi connectivity index (χ4v) is 9.37. The van der Waals surface area contributed by atoms with E-state index in [2.05, 4.69) is 34.6 Å². The van der Waals surface area contributed by atoms with E-state index >= 15 is 0 Å². The highest BCUT2D eigenvalue weighted by Gasteiger charge is 2.19. The average molecular weight is 948 g/mol. The summed E-state index contributed by atoms with van der Waals surface area (Å²) < 4.78 is 16.9. The Balaban J connectivity index is 4.26. The Bertz CT molecular complexity index is 1030. The van der Waals surface area contributed by atoms with Crippen LogP contribution in [0.25, 0.3) is 0 Å². The molecular formula is C61H118O6. The molecule has 0 rings (SSSR count). The minimum Gasteiger partial charge on any atom is -0.462 e. The number of unbranched alkanes of at least 4 members (excludes halogenated alkanes) is 39. The van der Waals surface area contributed by atoms with Crippen molar-refractivity contribution in [1.82, 2.24) is 0 Å². The molecule has 0 aliphatic rings. The van der Waals surface area contributed by atoms with Crippen molar-refractivity contribution >= 4 is 17.9 Å². The molecule has 0 saturated carbocycles. The van der Waals surface area contributed by atoms with Crippen LogP contribution < -0.4 is 0 Å². The molecule has 67 heavy (non-hydrogen) atoms. The topological polar surface area (TPSA) is 78.9 Å². The third kappa shape index (κ3) is 53.6. The standard InChI is InChI=1S/C61H118O6/c1-6-8-9-10-11-12-13-14-15-16-17-18-21-24-27-30-36-41-46-51-59(62)65-54-58(55-66-60(63)52-47-42-37-33-32-35-40-45-50-57(5)7-2)67-61(64)53-48-43-38-31-28-25-22-19-20-23-26-29-34-39-44-49-56(3)4/h56-58H,6-55H2,1-5H3/t57?,58-/m0/s1. The van der Waals surface area contributed by atoms with E-state index in [0.717, 1.165) is 69.6 Å². The first kappa shape index (κ1) is 65.4. The van der Waals surface area contributed by atoms with Crippen molar-refractivity contribution in [3.05, 3.63) is 0 Å². The lowest BCUT2D eigenvalue weighted by Crippen LogP contribution is -2.30. The molecule has 0 amide bonds. The van der Waals surface area contributed by atoms with Crippen LogP contribution in [0.15, 0.2) is 0 Å². The van der Waals surface area contributed by atoms with E-state index in [1.54, 1.807) is 0 Å². The number of carbonyl (C=O) groups is 3. The minimum atomic E-state index is -0.763. The normalized spacial score (nSPS) is 12.4. The van der Waals surface area contributed by atoms with Gasteiger partial charge >= 0.3 is 17.9 Å². The van der Waals surface area contributed by atoms with Gasteiger partial charge in [-0.25, -0.2) is 0 Å². The van der Waals surface area contributed by atoms with Crippen LogP contribution in [0, 0.1) is 11.8 Å². The van der Waals surface area contributed by atoms with E-state index in [0.29, 0.717) is 19.3 Å². The van der Waals surface area contributed by atoms with Gasteiger partial charge in [0, 0.05) is 19.3 Å². The van der Waals surface area contributed by atoms with Crippen molar-refractivity contribution in [2.75, 3.05) is 13.2 Å². The van der Waals surface area contributed by atoms with Gasteiger partial charge in [0.15, 0.2) is 6.10 Å². The van der Waals surface area contributed by atoms with Crippen LogP contribution in [0.5, 0.6) is 0 Å². The van der Waals surface area contributed by atoms with Gasteiger partial charge in [-0.05, 0) is 31.1 Å². The molecule has 6 heteroatoms. The van der Waals surface area contributed by atoms with E-state index < -0.39 is 6.10 Å². The molecule has 1 unspecified atom stereocenters. The van der Waals surface area contributed by atoms with Gasteiger partial charge < -0.3 is 14.2 Å². The zero-order valence-corrected chi connectivity index (χ0v) is 46.0. The molecule has 0 aromatic heterocycles. The lowest BCUT2D eigenvalue weighted by molar-refractivity contribution is -0.167. The summed E-state index contributed by atoms with van der Waals surface area (Å²) in [6.45, 7) is 11.4. The SMILES string of the molecule is CCCCCCCCCCCCCCCCCCCCCC(=O)OC[C@@H](COC(=O)CCCCCCCCCCC(C)CC)OC(=O)CCCCCCCCCCCCCCCCCC(C)C. The highest BCUT2D eigenvalue weighted by atomic mass is 16.6. The monoisotopic (exact) mass is 947 g/mol. The van der Waals surface area contributed by atoms with Gasteiger partial charge in [-0.1, -0.05) is 304 Å². The van der Waals surface area contributed by atoms with Crippen LogP contribution in [-0.4, -0.2) is 37.2 Å². The van der Waals surface area contributed by atoms with Crippen molar-refractivity contribution in [3.8, 4) is 0 Å². The molecule has 0 radical (unpaired) electrons. The fourth-order valence-electron chi connectivity index (χ4n) is 9.37. The molecule has 0 saturated heterocycles. The highest BCUT2D eigenvalue weighted by Crippen LogP contribution is 2.19. The molecule has 0 aliphatic carbocycles. The second kappa shape index (κ2) is 53.8. The summed E-state index contributed by atoms with van der Waals surface area (Å²) >= 11 is 0. The first-order valence-electron chi connectivity index (χ1n) is 30.3. The lowest BCUT2D eigenvalue weighted by Gasteiger charge is -2.18. The molecule has 0 N–H and O–H groups in total. The summed E-state index contributed by atoms with van der Waals surface area (Å²) in [6.07, 6.45) is 58.1. The predicted octanol–water partition coefficient (Wildman–Crippen LogP) is 20.0. The predicted molar refractivity (Wildman–Crippen MR) is 289 cm³/mol. The molecule has 0 aliphatic heterocycles. The molecule has 0 aromatic carbocycles. The molecule has 0 heterocycles. The van der Waals surface area contributed by atoms with Crippen molar-refractivity contribution in [2.45, 2.75) is 349 Å². The third-order valence-electron chi connectivity index (χ3n) is 14.3. The molecule has 398 valence electrons. The molecule has 0 spiro atoms. The van der Waals surface area contributed by atoms with Crippen LogP contribution in [-0.2, 0) is 28.6 Å². The number of esters is 3. The van der Waals surface area contributed by atoms with Crippen LogP contribution in [0.3, 0.4) is 0 Å². The van der Waals surface area contributed by atoms with Gasteiger partial charge in [0.25, 0.3) is 0 Å². The quantitative estimate of drug-likeness (QED) is 0.0343. The number of rotatable bonds is 55. The zero-order chi connectivity index (χ0) is 48.9. The van der Waals surface area contributed by atoms with E-state index in [9.17, 15) is 14.4 Å². The Kier molecular flexibility index (Phi) is 52.5. The zero-order valence-electron chi connectivity index (χ0n) is 46.0. The summed E-state index contributed by atoms with van der Waals surface area (Å²) in [5.74, 6) is 0.857. The second-order valence-corrected chi connectivity index (χ2v) is 21.7. The molecule has 0 fully saturated rings. The molecule has 6 nitrogen and oxygen atoms in total. The van der Waals surface area contributed by atoms with Crippen LogP contribution in [0.4, 0.5) is 0 Å².